The van der Waals surface area contributed by atoms with Crippen molar-refractivity contribution in [3.8, 4) is 0 Å². The molecule has 0 atom stereocenters. The number of carbonyl (C=O) groups excluding carboxylic acids is 2. The summed E-state index contributed by atoms with van der Waals surface area (Å²) in [5.74, 6) is -0.552. The fourth-order valence-corrected chi connectivity index (χ4v) is 1.27. The zero-order valence-electron chi connectivity index (χ0n) is 7.47. The average molecular weight is 191 g/mol. The number of benzene rings is 1. The van der Waals surface area contributed by atoms with E-state index in [1.54, 1.807) is 24.3 Å². The third-order valence-corrected chi connectivity index (χ3v) is 1.95. The third-order valence-electron chi connectivity index (χ3n) is 1.95. The van der Waals surface area contributed by atoms with Crippen LogP contribution in [0.25, 0.3) is 0 Å². The molecule has 2 rings (SSSR count). The lowest BCUT2D eigenvalue weighted by molar-refractivity contribution is -0.155. The van der Waals surface area contributed by atoms with Gasteiger partial charge in [-0.15, -0.1) is 5.06 Å². The molecule has 1 heterocycles. The van der Waals surface area contributed by atoms with Gasteiger partial charge in [0.1, 0.15) is 0 Å². The maximum absolute atomic E-state index is 11.4. The van der Waals surface area contributed by atoms with Gasteiger partial charge in [-0.3, -0.25) is 4.79 Å². The lowest BCUT2D eigenvalue weighted by Crippen LogP contribution is -2.38. The van der Waals surface area contributed by atoms with Gasteiger partial charge in [-0.2, -0.15) is 0 Å². The van der Waals surface area contributed by atoms with Crippen molar-refractivity contribution >= 4 is 17.6 Å². The molecule has 0 aromatic heterocycles. The zero-order valence-corrected chi connectivity index (χ0v) is 7.47. The first-order chi connectivity index (χ1) is 6.77. The maximum atomic E-state index is 11.4. The Morgan fingerprint density at radius 3 is 2.50 bits per heavy atom. The minimum atomic E-state index is -0.367. The second kappa shape index (κ2) is 3.49. The van der Waals surface area contributed by atoms with Crippen molar-refractivity contribution in [2.75, 3.05) is 5.06 Å². The van der Waals surface area contributed by atoms with Crippen LogP contribution in [0.15, 0.2) is 30.3 Å². The number of anilines is 1. The summed E-state index contributed by atoms with van der Waals surface area (Å²) in [6.07, 6.45) is 0.385. The second-order valence-corrected chi connectivity index (χ2v) is 2.99. The monoisotopic (exact) mass is 191 g/mol. The first-order valence-electron chi connectivity index (χ1n) is 4.36. The number of carbonyl (C=O) groups is 2. The molecule has 0 saturated carbocycles. The fraction of sp³-hybridized carbons (Fsp3) is 0.200. The minimum absolute atomic E-state index is 0.169. The molecule has 0 bridgehead atoms. The summed E-state index contributed by atoms with van der Waals surface area (Å²) < 4.78 is 0. The molecule has 0 spiro atoms. The number of nitrogens with zero attached hydrogens (tertiary/aromatic N) is 1. The van der Waals surface area contributed by atoms with E-state index in [0.717, 1.165) is 5.06 Å². The zero-order chi connectivity index (χ0) is 9.97. The highest BCUT2D eigenvalue weighted by Gasteiger charge is 2.26. The first kappa shape index (κ1) is 8.74. The molecule has 0 unspecified atom stereocenters. The van der Waals surface area contributed by atoms with Gasteiger partial charge in [0.05, 0.1) is 12.1 Å². The van der Waals surface area contributed by atoms with Crippen LogP contribution in [0.5, 0.6) is 0 Å². The summed E-state index contributed by atoms with van der Waals surface area (Å²) in [7, 11) is 0. The van der Waals surface area contributed by atoms with E-state index in [0.29, 0.717) is 5.69 Å². The molecule has 0 N–H and O–H groups in total. The Morgan fingerprint density at radius 2 is 1.79 bits per heavy atom. The number of hydroxylamine groups is 1. The van der Waals surface area contributed by atoms with Gasteiger partial charge in [0, 0.05) is 6.42 Å². The summed E-state index contributed by atoms with van der Waals surface area (Å²) in [5.41, 5.74) is 0.588. The fourth-order valence-electron chi connectivity index (χ4n) is 1.27. The summed E-state index contributed by atoms with van der Waals surface area (Å²) in [4.78, 5) is 27.2. The smallest absolute Gasteiger partial charge is 0.333 e. The van der Waals surface area contributed by atoms with Crippen molar-refractivity contribution in [2.45, 2.75) is 12.8 Å². The topological polar surface area (TPSA) is 46.6 Å². The van der Waals surface area contributed by atoms with Gasteiger partial charge in [-0.25, -0.2) is 4.79 Å². The Kier molecular flexibility index (Phi) is 2.18. The van der Waals surface area contributed by atoms with E-state index in [-0.39, 0.29) is 24.7 Å². The largest absolute Gasteiger partial charge is 0.333 e. The molecule has 1 aromatic carbocycles. The molecule has 4 heteroatoms. The van der Waals surface area contributed by atoms with E-state index in [1.165, 1.54) is 0 Å². The third kappa shape index (κ3) is 1.59. The lowest BCUT2D eigenvalue weighted by atomic mass is 10.2. The van der Waals surface area contributed by atoms with E-state index < -0.39 is 0 Å². The maximum Gasteiger partial charge on any atom is 0.333 e. The van der Waals surface area contributed by atoms with Crippen molar-refractivity contribution in [1.82, 2.24) is 0 Å². The van der Waals surface area contributed by atoms with E-state index in [2.05, 4.69) is 0 Å². The SMILES string of the molecule is O=C1CCC(=O)N(c2ccccc2)O1. The molecule has 72 valence electrons. The Balaban J connectivity index is 2.24. The highest BCUT2D eigenvalue weighted by Crippen LogP contribution is 2.19. The molecule has 4 nitrogen and oxygen atoms in total. The van der Waals surface area contributed by atoms with Crippen LogP contribution in [0, 0.1) is 0 Å². The molecule has 0 aliphatic carbocycles. The number of hydrogen-bond acceptors (Lipinski definition) is 3. The Bertz CT molecular complexity index is 361. The summed E-state index contributed by atoms with van der Waals surface area (Å²) in [6.45, 7) is 0. The van der Waals surface area contributed by atoms with Crippen LogP contribution in [0.1, 0.15) is 12.8 Å². The van der Waals surface area contributed by atoms with Gasteiger partial charge in [-0.05, 0) is 12.1 Å². The van der Waals surface area contributed by atoms with E-state index >= 15 is 0 Å². The van der Waals surface area contributed by atoms with Crippen LogP contribution in [-0.4, -0.2) is 11.9 Å². The van der Waals surface area contributed by atoms with Crippen molar-refractivity contribution in [3.63, 3.8) is 0 Å². The van der Waals surface area contributed by atoms with Crippen LogP contribution in [-0.2, 0) is 14.4 Å². The molecule has 1 aliphatic rings. The van der Waals surface area contributed by atoms with Crippen LogP contribution in [0.4, 0.5) is 5.69 Å². The predicted molar refractivity (Wildman–Crippen MR) is 49.3 cm³/mol. The molecule has 1 fully saturated rings. The average Bonchev–Trinajstić information content (AvgIpc) is 2.23. The molecular weight excluding hydrogens is 182 g/mol. The summed E-state index contributed by atoms with van der Waals surface area (Å²) in [6, 6.07) is 8.84. The van der Waals surface area contributed by atoms with Gasteiger partial charge in [-0.1, -0.05) is 18.2 Å². The van der Waals surface area contributed by atoms with Crippen molar-refractivity contribution in [2.24, 2.45) is 0 Å². The minimum Gasteiger partial charge on any atom is -0.333 e. The standard InChI is InChI=1S/C10H9NO3/c12-9-6-7-10(13)14-11(9)8-4-2-1-3-5-8/h1-5H,6-7H2. The lowest BCUT2D eigenvalue weighted by Gasteiger charge is -2.24. The Morgan fingerprint density at radius 1 is 1.07 bits per heavy atom. The van der Waals surface area contributed by atoms with Crippen LogP contribution >= 0.6 is 0 Å². The Hall–Kier alpha value is -1.84. The van der Waals surface area contributed by atoms with E-state index in [1.807, 2.05) is 6.07 Å². The van der Waals surface area contributed by atoms with Crippen molar-refractivity contribution in [3.05, 3.63) is 30.3 Å². The molecule has 1 amide bonds. The summed E-state index contributed by atoms with van der Waals surface area (Å²) in [5, 5.41) is 1.05. The van der Waals surface area contributed by atoms with Crippen LogP contribution in [0.2, 0.25) is 0 Å². The summed E-state index contributed by atoms with van der Waals surface area (Å²) >= 11 is 0. The highest BCUT2D eigenvalue weighted by molar-refractivity contribution is 5.97. The molecular formula is C10H9NO3. The number of amides is 1. The molecule has 1 aliphatic heterocycles. The quantitative estimate of drug-likeness (QED) is 0.671. The molecule has 0 radical (unpaired) electrons. The normalized spacial score (nSPS) is 16.7. The Labute approximate surface area is 81.0 Å². The van der Waals surface area contributed by atoms with Crippen LogP contribution < -0.4 is 5.06 Å². The second-order valence-electron chi connectivity index (χ2n) is 2.99. The number of para-hydroxylation sites is 1. The van der Waals surface area contributed by atoms with Gasteiger partial charge in [0.15, 0.2) is 0 Å². The molecule has 1 aromatic rings. The predicted octanol–water partition coefficient (Wildman–Crippen LogP) is 1.27. The van der Waals surface area contributed by atoms with Crippen LogP contribution in [0.3, 0.4) is 0 Å². The first-order valence-corrected chi connectivity index (χ1v) is 4.36. The van der Waals surface area contributed by atoms with Crippen molar-refractivity contribution in [1.29, 1.82) is 0 Å². The van der Waals surface area contributed by atoms with Gasteiger partial charge < -0.3 is 4.84 Å². The van der Waals surface area contributed by atoms with Gasteiger partial charge >= 0.3 is 5.97 Å². The number of rotatable bonds is 1. The van der Waals surface area contributed by atoms with Gasteiger partial charge in [0.25, 0.3) is 5.91 Å². The molecule has 1 saturated heterocycles. The molecule has 14 heavy (non-hydrogen) atoms. The highest BCUT2D eigenvalue weighted by atomic mass is 16.7. The van der Waals surface area contributed by atoms with Gasteiger partial charge in [0.2, 0.25) is 0 Å². The van der Waals surface area contributed by atoms with E-state index in [4.69, 9.17) is 4.84 Å². The van der Waals surface area contributed by atoms with E-state index in [9.17, 15) is 9.59 Å². The number of hydrogen-bond donors (Lipinski definition) is 0. The van der Waals surface area contributed by atoms with Crippen molar-refractivity contribution < 1.29 is 14.4 Å².